The third-order valence-corrected chi connectivity index (χ3v) is 6.16. The molecule has 0 bridgehead atoms. The first-order valence-corrected chi connectivity index (χ1v) is 10.2. The second-order valence-electron chi connectivity index (χ2n) is 8.22. The minimum absolute atomic E-state index is 0.274. The van der Waals surface area contributed by atoms with Crippen LogP contribution >= 0.6 is 0 Å². The number of hydrogen-bond donors (Lipinski definition) is 0. The van der Waals surface area contributed by atoms with E-state index in [2.05, 4.69) is 51.2 Å². The quantitative estimate of drug-likeness (QED) is 0.815. The van der Waals surface area contributed by atoms with Gasteiger partial charge in [0.1, 0.15) is 0 Å². The second kappa shape index (κ2) is 8.22. The molecular formula is C23H29N3O. The van der Waals surface area contributed by atoms with Gasteiger partial charge in [-0.1, -0.05) is 30.3 Å². The van der Waals surface area contributed by atoms with Gasteiger partial charge < -0.3 is 4.90 Å². The van der Waals surface area contributed by atoms with Crippen molar-refractivity contribution in [1.82, 2.24) is 14.8 Å². The monoisotopic (exact) mass is 363 g/mol. The Balaban J connectivity index is 1.38. The molecule has 2 fully saturated rings. The normalized spacial score (nSPS) is 23.7. The number of benzene rings is 1. The zero-order valence-electron chi connectivity index (χ0n) is 16.0. The molecule has 27 heavy (non-hydrogen) atoms. The van der Waals surface area contributed by atoms with Crippen LogP contribution in [0.5, 0.6) is 0 Å². The van der Waals surface area contributed by atoms with Gasteiger partial charge in [-0.15, -0.1) is 0 Å². The highest BCUT2D eigenvalue weighted by Crippen LogP contribution is 2.39. The highest BCUT2D eigenvalue weighted by atomic mass is 16.2. The van der Waals surface area contributed by atoms with Gasteiger partial charge in [-0.3, -0.25) is 14.7 Å². The fourth-order valence-corrected chi connectivity index (χ4v) is 4.74. The van der Waals surface area contributed by atoms with E-state index in [9.17, 15) is 4.79 Å². The Kier molecular flexibility index (Phi) is 5.53. The Morgan fingerprint density at radius 3 is 2.59 bits per heavy atom. The van der Waals surface area contributed by atoms with Crippen molar-refractivity contribution >= 4 is 5.91 Å². The molecule has 1 aromatic carbocycles. The summed E-state index contributed by atoms with van der Waals surface area (Å²) >= 11 is 0. The molecule has 4 heteroatoms. The minimum Gasteiger partial charge on any atom is -0.342 e. The summed E-state index contributed by atoms with van der Waals surface area (Å²) in [6, 6.07) is 14.7. The van der Waals surface area contributed by atoms with Gasteiger partial charge in [-0.05, 0) is 55.5 Å². The van der Waals surface area contributed by atoms with Gasteiger partial charge >= 0.3 is 0 Å². The van der Waals surface area contributed by atoms with Crippen molar-refractivity contribution in [2.75, 3.05) is 26.2 Å². The van der Waals surface area contributed by atoms with Crippen molar-refractivity contribution in [3.63, 3.8) is 0 Å². The van der Waals surface area contributed by atoms with Crippen molar-refractivity contribution in [2.45, 2.75) is 38.6 Å². The molecule has 2 aromatic rings. The molecule has 0 aliphatic carbocycles. The topological polar surface area (TPSA) is 36.4 Å². The molecule has 3 heterocycles. The lowest BCUT2D eigenvalue weighted by Crippen LogP contribution is -2.54. The summed E-state index contributed by atoms with van der Waals surface area (Å²) in [5, 5.41) is 0. The van der Waals surface area contributed by atoms with Gasteiger partial charge in [0.15, 0.2) is 0 Å². The zero-order valence-corrected chi connectivity index (χ0v) is 16.0. The Morgan fingerprint density at radius 2 is 1.78 bits per heavy atom. The first kappa shape index (κ1) is 18.2. The maximum atomic E-state index is 12.5. The average Bonchev–Trinajstić information content (AvgIpc) is 2.71. The van der Waals surface area contributed by atoms with Crippen LogP contribution in [-0.2, 0) is 17.8 Å². The first-order valence-electron chi connectivity index (χ1n) is 10.2. The summed E-state index contributed by atoms with van der Waals surface area (Å²) in [5.74, 6) is 0.336. The predicted molar refractivity (Wildman–Crippen MR) is 107 cm³/mol. The molecule has 1 amide bonds. The van der Waals surface area contributed by atoms with Crippen LogP contribution in [0, 0.1) is 5.41 Å². The number of carbonyl (C=O) groups is 1. The van der Waals surface area contributed by atoms with Gasteiger partial charge in [-0.25, -0.2) is 0 Å². The maximum Gasteiger partial charge on any atom is 0.222 e. The van der Waals surface area contributed by atoms with Crippen LogP contribution in [0.15, 0.2) is 54.9 Å². The highest BCUT2D eigenvalue weighted by molar-refractivity contribution is 5.77. The molecule has 2 saturated heterocycles. The Hall–Kier alpha value is -2.20. The van der Waals surface area contributed by atoms with E-state index < -0.39 is 0 Å². The van der Waals surface area contributed by atoms with Crippen molar-refractivity contribution in [1.29, 1.82) is 0 Å². The molecule has 4 nitrogen and oxygen atoms in total. The summed E-state index contributed by atoms with van der Waals surface area (Å²) in [7, 11) is 0. The zero-order chi connectivity index (χ0) is 18.5. The lowest BCUT2D eigenvalue weighted by atomic mass is 9.73. The van der Waals surface area contributed by atoms with E-state index in [1.807, 2.05) is 18.5 Å². The molecule has 0 N–H and O–H groups in total. The molecular weight excluding hydrogens is 334 g/mol. The third kappa shape index (κ3) is 4.56. The van der Waals surface area contributed by atoms with E-state index in [4.69, 9.17) is 0 Å². The third-order valence-electron chi connectivity index (χ3n) is 6.16. The molecule has 1 aromatic heterocycles. The Morgan fingerprint density at radius 1 is 0.963 bits per heavy atom. The number of aromatic nitrogens is 1. The van der Waals surface area contributed by atoms with Crippen LogP contribution in [0.3, 0.4) is 0 Å². The van der Waals surface area contributed by atoms with Crippen LogP contribution in [0.1, 0.15) is 36.8 Å². The number of nitrogens with zero attached hydrogens (tertiary/aromatic N) is 3. The molecule has 0 radical (unpaired) electrons. The molecule has 4 rings (SSSR count). The summed E-state index contributed by atoms with van der Waals surface area (Å²) < 4.78 is 0. The standard InChI is InChI=1S/C23H29N3O/c27-22-7-12-23(19-26(22)16-10-20-5-2-1-3-6-20)11-4-15-25(18-23)17-21-8-13-24-14-9-21/h1-3,5-6,8-9,13-14H,4,7,10-12,15-19H2. The Bertz CT molecular complexity index is 749. The van der Waals surface area contributed by atoms with Crippen LogP contribution in [-0.4, -0.2) is 46.9 Å². The molecule has 0 saturated carbocycles. The van der Waals surface area contributed by atoms with Gasteiger partial charge in [0, 0.05) is 50.4 Å². The number of piperidine rings is 2. The van der Waals surface area contributed by atoms with E-state index in [-0.39, 0.29) is 5.41 Å². The van der Waals surface area contributed by atoms with Crippen molar-refractivity contribution in [3.05, 3.63) is 66.0 Å². The fraction of sp³-hybridized carbons (Fsp3) is 0.478. The molecule has 1 atom stereocenters. The smallest absolute Gasteiger partial charge is 0.222 e. The Labute approximate surface area is 162 Å². The average molecular weight is 364 g/mol. The summed E-state index contributed by atoms with van der Waals surface area (Å²) in [4.78, 5) is 21.3. The SMILES string of the molecule is O=C1CCC2(CCCN(Cc3ccncc3)C2)CN1CCc1ccccc1. The van der Waals surface area contributed by atoms with Gasteiger partial charge in [0.25, 0.3) is 0 Å². The molecule has 142 valence electrons. The first-order chi connectivity index (χ1) is 13.2. The number of hydrogen-bond acceptors (Lipinski definition) is 3. The van der Waals surface area contributed by atoms with Crippen LogP contribution < -0.4 is 0 Å². The number of likely N-dealkylation sites (tertiary alicyclic amines) is 2. The lowest BCUT2D eigenvalue weighted by molar-refractivity contribution is -0.139. The number of pyridine rings is 1. The summed E-state index contributed by atoms with van der Waals surface area (Å²) in [6.45, 7) is 5.01. The highest BCUT2D eigenvalue weighted by Gasteiger charge is 2.41. The second-order valence-corrected chi connectivity index (χ2v) is 8.22. The summed E-state index contributed by atoms with van der Waals surface area (Å²) in [5.41, 5.74) is 2.92. The fourth-order valence-electron chi connectivity index (χ4n) is 4.74. The maximum absolute atomic E-state index is 12.5. The molecule has 1 unspecified atom stereocenters. The van der Waals surface area contributed by atoms with Crippen molar-refractivity contribution < 1.29 is 4.79 Å². The number of rotatable bonds is 5. The predicted octanol–water partition coefficient (Wildman–Crippen LogP) is 3.53. The van der Waals surface area contributed by atoms with E-state index in [0.29, 0.717) is 12.3 Å². The van der Waals surface area contributed by atoms with Gasteiger partial charge in [-0.2, -0.15) is 0 Å². The molecule has 1 spiro atoms. The van der Waals surface area contributed by atoms with Crippen LogP contribution in [0.2, 0.25) is 0 Å². The largest absolute Gasteiger partial charge is 0.342 e. The van der Waals surface area contributed by atoms with Gasteiger partial charge in [0.05, 0.1) is 0 Å². The molecule has 2 aliphatic heterocycles. The van der Waals surface area contributed by atoms with Gasteiger partial charge in [0.2, 0.25) is 5.91 Å². The van der Waals surface area contributed by atoms with E-state index in [0.717, 1.165) is 45.6 Å². The number of amides is 1. The van der Waals surface area contributed by atoms with E-state index in [1.54, 1.807) is 0 Å². The number of carbonyl (C=O) groups excluding carboxylic acids is 1. The van der Waals surface area contributed by atoms with Crippen LogP contribution in [0.25, 0.3) is 0 Å². The van der Waals surface area contributed by atoms with Crippen molar-refractivity contribution in [2.24, 2.45) is 5.41 Å². The lowest BCUT2D eigenvalue weighted by Gasteiger charge is -2.48. The van der Waals surface area contributed by atoms with E-state index >= 15 is 0 Å². The molecule has 2 aliphatic rings. The minimum atomic E-state index is 0.274. The van der Waals surface area contributed by atoms with E-state index in [1.165, 1.54) is 24.0 Å². The van der Waals surface area contributed by atoms with Crippen LogP contribution in [0.4, 0.5) is 0 Å². The summed E-state index contributed by atoms with van der Waals surface area (Å²) in [6.07, 6.45) is 8.92. The van der Waals surface area contributed by atoms with Crippen molar-refractivity contribution in [3.8, 4) is 0 Å².